The molecule has 0 amide bonds. The van der Waals surface area contributed by atoms with Crippen LogP contribution in [0.25, 0.3) is 0 Å². The van der Waals surface area contributed by atoms with Crippen LogP contribution >= 0.6 is 0 Å². The van der Waals surface area contributed by atoms with E-state index in [9.17, 15) is 0 Å². The zero-order valence-corrected chi connectivity index (χ0v) is 11.0. The summed E-state index contributed by atoms with van der Waals surface area (Å²) >= 11 is 0. The van der Waals surface area contributed by atoms with Crippen LogP contribution in [0, 0.1) is 11.3 Å². The molecule has 2 saturated carbocycles. The molecule has 2 aliphatic carbocycles. The molecule has 0 bridgehead atoms. The van der Waals surface area contributed by atoms with Crippen LogP contribution in [0.3, 0.4) is 0 Å². The van der Waals surface area contributed by atoms with Crippen molar-refractivity contribution in [3.63, 3.8) is 0 Å². The second-order valence-electron chi connectivity index (χ2n) is 6.26. The van der Waals surface area contributed by atoms with Gasteiger partial charge in [0.1, 0.15) is 0 Å². The summed E-state index contributed by atoms with van der Waals surface area (Å²) in [6, 6.07) is 0. The lowest BCUT2D eigenvalue weighted by Crippen LogP contribution is -2.36. The minimum absolute atomic E-state index is 0.764. The van der Waals surface area contributed by atoms with Crippen molar-refractivity contribution >= 4 is 0 Å². The van der Waals surface area contributed by atoms with Crippen LogP contribution in [0.2, 0.25) is 0 Å². The zero-order chi connectivity index (χ0) is 11.6. The van der Waals surface area contributed by atoms with E-state index in [1.807, 2.05) is 0 Å². The second-order valence-corrected chi connectivity index (χ2v) is 6.26. The summed E-state index contributed by atoms with van der Waals surface area (Å²) < 4.78 is 0. The van der Waals surface area contributed by atoms with Crippen LogP contribution in [0.4, 0.5) is 0 Å². The van der Waals surface area contributed by atoms with E-state index < -0.39 is 0 Å². The van der Waals surface area contributed by atoms with Crippen LogP contribution in [-0.4, -0.2) is 50.7 Å². The van der Waals surface area contributed by atoms with Crippen molar-refractivity contribution in [1.82, 2.24) is 15.5 Å². The van der Waals surface area contributed by atoms with Crippen LogP contribution < -0.4 is 10.6 Å². The van der Waals surface area contributed by atoms with Gasteiger partial charge >= 0.3 is 0 Å². The van der Waals surface area contributed by atoms with Crippen molar-refractivity contribution < 1.29 is 0 Å². The minimum Gasteiger partial charge on any atom is -0.315 e. The lowest BCUT2D eigenvalue weighted by molar-refractivity contribution is 0.284. The van der Waals surface area contributed by atoms with Crippen LogP contribution in [0.5, 0.6) is 0 Å². The summed E-state index contributed by atoms with van der Waals surface area (Å²) in [6.07, 6.45) is 7.33. The molecule has 0 aromatic rings. The van der Waals surface area contributed by atoms with Crippen molar-refractivity contribution in [2.45, 2.75) is 32.1 Å². The quantitative estimate of drug-likeness (QED) is 0.677. The van der Waals surface area contributed by atoms with Crippen molar-refractivity contribution in [3.8, 4) is 0 Å². The van der Waals surface area contributed by atoms with Gasteiger partial charge in [-0.15, -0.1) is 0 Å². The summed E-state index contributed by atoms with van der Waals surface area (Å²) in [5, 5.41) is 7.18. The molecule has 1 heterocycles. The van der Waals surface area contributed by atoms with E-state index >= 15 is 0 Å². The van der Waals surface area contributed by atoms with Crippen molar-refractivity contribution in [2.24, 2.45) is 11.3 Å². The van der Waals surface area contributed by atoms with E-state index in [4.69, 9.17) is 0 Å². The Balaban J connectivity index is 1.29. The van der Waals surface area contributed by atoms with Gasteiger partial charge in [-0.3, -0.25) is 0 Å². The topological polar surface area (TPSA) is 27.3 Å². The van der Waals surface area contributed by atoms with E-state index in [1.54, 1.807) is 0 Å². The van der Waals surface area contributed by atoms with E-state index in [0.717, 1.165) is 11.3 Å². The Morgan fingerprint density at radius 1 is 1.18 bits per heavy atom. The van der Waals surface area contributed by atoms with Gasteiger partial charge in [0, 0.05) is 32.7 Å². The predicted octanol–water partition coefficient (Wildman–Crippen LogP) is 1.06. The van der Waals surface area contributed by atoms with Gasteiger partial charge in [0.2, 0.25) is 0 Å². The maximum absolute atomic E-state index is 3.72. The minimum atomic E-state index is 0.764. The Bertz CT molecular complexity index is 238. The Morgan fingerprint density at radius 3 is 2.82 bits per heavy atom. The molecule has 3 nitrogen and oxygen atoms in total. The van der Waals surface area contributed by atoms with Gasteiger partial charge in [0.15, 0.2) is 0 Å². The summed E-state index contributed by atoms with van der Waals surface area (Å²) in [5.41, 5.74) is 0.764. The molecule has 17 heavy (non-hydrogen) atoms. The molecule has 2 N–H and O–H groups in total. The smallest absolute Gasteiger partial charge is 0.0107 e. The summed E-state index contributed by atoms with van der Waals surface area (Å²) in [7, 11) is 0. The molecule has 0 aromatic carbocycles. The fourth-order valence-corrected chi connectivity index (χ4v) is 3.29. The summed E-state index contributed by atoms with van der Waals surface area (Å²) in [5.74, 6) is 1.09. The zero-order valence-electron chi connectivity index (χ0n) is 11.0. The molecular weight excluding hydrogens is 210 g/mol. The van der Waals surface area contributed by atoms with Gasteiger partial charge < -0.3 is 15.5 Å². The highest BCUT2D eigenvalue weighted by molar-refractivity contribution is 5.04. The Morgan fingerprint density at radius 2 is 2.06 bits per heavy atom. The van der Waals surface area contributed by atoms with Crippen LogP contribution in [0.15, 0.2) is 0 Å². The van der Waals surface area contributed by atoms with Gasteiger partial charge in [0.05, 0.1) is 0 Å². The standard InChI is InChI=1S/C14H27N3/c1-6-15-7-10-17(9-1)11-8-16-12-14(4-5-14)13-2-3-13/h13,15-16H,1-12H2. The number of nitrogens with one attached hydrogen (secondary N) is 2. The van der Waals surface area contributed by atoms with Crippen molar-refractivity contribution in [2.75, 3.05) is 45.8 Å². The van der Waals surface area contributed by atoms with Crippen molar-refractivity contribution in [3.05, 3.63) is 0 Å². The van der Waals surface area contributed by atoms with E-state index in [2.05, 4.69) is 15.5 Å². The first-order valence-corrected chi connectivity index (χ1v) is 7.53. The molecular formula is C14H27N3. The third kappa shape index (κ3) is 3.21. The fourth-order valence-electron chi connectivity index (χ4n) is 3.29. The normalized spacial score (nSPS) is 28.9. The molecule has 0 radical (unpaired) electrons. The Kier molecular flexibility index (Phi) is 3.69. The van der Waals surface area contributed by atoms with Crippen LogP contribution in [-0.2, 0) is 0 Å². The average Bonchev–Trinajstić information content (AvgIpc) is 3.21. The number of rotatable bonds is 6. The number of nitrogens with zero attached hydrogens (tertiary/aromatic N) is 1. The third-order valence-electron chi connectivity index (χ3n) is 4.85. The van der Waals surface area contributed by atoms with Gasteiger partial charge in [-0.25, -0.2) is 0 Å². The highest BCUT2D eigenvalue weighted by Crippen LogP contribution is 2.60. The molecule has 3 fully saturated rings. The van der Waals surface area contributed by atoms with Crippen molar-refractivity contribution in [1.29, 1.82) is 0 Å². The monoisotopic (exact) mass is 237 g/mol. The average molecular weight is 237 g/mol. The van der Waals surface area contributed by atoms with Crippen LogP contribution in [0.1, 0.15) is 32.1 Å². The molecule has 98 valence electrons. The lowest BCUT2D eigenvalue weighted by Gasteiger charge is -2.21. The Hall–Kier alpha value is -0.120. The van der Waals surface area contributed by atoms with Gasteiger partial charge in [0.25, 0.3) is 0 Å². The van der Waals surface area contributed by atoms with E-state index in [1.165, 1.54) is 77.9 Å². The molecule has 1 aliphatic heterocycles. The summed E-state index contributed by atoms with van der Waals surface area (Å²) in [4.78, 5) is 2.60. The van der Waals surface area contributed by atoms with Gasteiger partial charge in [-0.05, 0) is 56.5 Å². The molecule has 3 aliphatic rings. The maximum atomic E-state index is 3.72. The molecule has 0 aromatic heterocycles. The third-order valence-corrected chi connectivity index (χ3v) is 4.85. The SMILES string of the molecule is C1CNCCN(CCNCC2(C3CC3)CC2)C1. The van der Waals surface area contributed by atoms with Gasteiger partial charge in [-0.2, -0.15) is 0 Å². The molecule has 0 unspecified atom stereocenters. The largest absolute Gasteiger partial charge is 0.315 e. The Labute approximate surface area is 105 Å². The fraction of sp³-hybridized carbons (Fsp3) is 1.00. The molecule has 0 spiro atoms. The molecule has 1 saturated heterocycles. The predicted molar refractivity (Wildman–Crippen MR) is 71.2 cm³/mol. The first-order chi connectivity index (χ1) is 8.39. The van der Waals surface area contributed by atoms with E-state index in [-0.39, 0.29) is 0 Å². The highest BCUT2D eigenvalue weighted by Gasteiger charge is 2.53. The number of hydrogen-bond donors (Lipinski definition) is 2. The molecule has 3 rings (SSSR count). The summed E-state index contributed by atoms with van der Waals surface area (Å²) in [6.45, 7) is 8.61. The maximum Gasteiger partial charge on any atom is 0.0107 e. The first kappa shape index (κ1) is 11.9. The lowest BCUT2D eigenvalue weighted by atomic mass is 10.0. The first-order valence-electron chi connectivity index (χ1n) is 7.53. The van der Waals surface area contributed by atoms with Gasteiger partial charge in [-0.1, -0.05) is 0 Å². The second kappa shape index (κ2) is 5.25. The highest BCUT2D eigenvalue weighted by atomic mass is 15.2. The number of hydrogen-bond acceptors (Lipinski definition) is 3. The molecule has 0 atom stereocenters. The molecule has 3 heteroatoms. The van der Waals surface area contributed by atoms with E-state index in [0.29, 0.717) is 0 Å².